The summed E-state index contributed by atoms with van der Waals surface area (Å²) in [6, 6.07) is 15.5. The van der Waals surface area contributed by atoms with E-state index in [-0.39, 0.29) is 12.3 Å². The first-order valence-electron chi connectivity index (χ1n) is 8.20. The molecular weight excluding hydrogens is 316 g/mol. The second-order valence-electron chi connectivity index (χ2n) is 5.94. The van der Waals surface area contributed by atoms with Crippen LogP contribution < -0.4 is 10.2 Å². The molecule has 2 aromatic carbocycles. The summed E-state index contributed by atoms with van der Waals surface area (Å²) in [5.74, 6) is 1.33. The summed E-state index contributed by atoms with van der Waals surface area (Å²) < 4.78 is 7.53. The fourth-order valence-electron chi connectivity index (χ4n) is 3.01. The topological polar surface area (TPSA) is 68.5 Å². The maximum atomic E-state index is 12.3. The van der Waals surface area contributed by atoms with Gasteiger partial charge in [0.15, 0.2) is 0 Å². The normalized spacial score (nSPS) is 15.0. The van der Waals surface area contributed by atoms with Crippen molar-refractivity contribution >= 4 is 22.7 Å². The first-order valence-corrected chi connectivity index (χ1v) is 8.20. The van der Waals surface area contributed by atoms with Crippen molar-refractivity contribution in [2.24, 2.45) is 12.1 Å². The average Bonchev–Trinajstić information content (AvgIpc) is 2.96. The van der Waals surface area contributed by atoms with Crippen molar-refractivity contribution in [3.05, 3.63) is 59.9 Å². The highest BCUT2D eigenvalue weighted by atomic mass is 16.5. The Balaban J connectivity index is 1.50. The van der Waals surface area contributed by atoms with Crippen LogP contribution in [0.3, 0.4) is 0 Å². The molecule has 0 saturated carbocycles. The van der Waals surface area contributed by atoms with E-state index >= 15 is 0 Å². The van der Waals surface area contributed by atoms with E-state index in [1.165, 1.54) is 0 Å². The average molecular weight is 334 g/mol. The molecule has 1 aliphatic heterocycles. The predicted octanol–water partition coefficient (Wildman–Crippen LogP) is 2.42. The van der Waals surface area contributed by atoms with Gasteiger partial charge in [-0.1, -0.05) is 24.3 Å². The molecule has 1 aliphatic rings. The lowest BCUT2D eigenvalue weighted by Crippen LogP contribution is -2.25. The number of rotatable bonds is 3. The van der Waals surface area contributed by atoms with Crippen LogP contribution in [0.1, 0.15) is 17.8 Å². The van der Waals surface area contributed by atoms with Crippen molar-refractivity contribution in [1.29, 1.82) is 0 Å². The standard InChI is InChI=1S/C19H18N4O2/c1-23-16-8-4-3-7-15(16)20-18(23)12-19(24)22-21-14-10-11-25-17-9-5-2-6-13(14)17/h2-9H,10-12H2,1H3,(H,22,24). The van der Waals surface area contributed by atoms with Crippen molar-refractivity contribution in [3.63, 3.8) is 0 Å². The Morgan fingerprint density at radius 3 is 2.92 bits per heavy atom. The Hall–Kier alpha value is -3.15. The van der Waals surface area contributed by atoms with Crippen LogP contribution in [0.5, 0.6) is 5.75 Å². The molecule has 2 heterocycles. The third-order valence-electron chi connectivity index (χ3n) is 4.31. The van der Waals surface area contributed by atoms with Gasteiger partial charge in [0.25, 0.3) is 0 Å². The number of carbonyl (C=O) groups is 1. The molecule has 0 atom stereocenters. The fraction of sp³-hybridized carbons (Fsp3) is 0.211. The van der Waals surface area contributed by atoms with Crippen LogP contribution in [0.2, 0.25) is 0 Å². The van der Waals surface area contributed by atoms with Crippen molar-refractivity contribution in [3.8, 4) is 5.75 Å². The summed E-state index contributed by atoms with van der Waals surface area (Å²) in [7, 11) is 1.92. The van der Waals surface area contributed by atoms with Gasteiger partial charge in [0.2, 0.25) is 5.91 Å². The lowest BCUT2D eigenvalue weighted by atomic mass is 10.0. The first kappa shape index (κ1) is 15.4. The lowest BCUT2D eigenvalue weighted by molar-refractivity contribution is -0.120. The van der Waals surface area contributed by atoms with Crippen molar-refractivity contribution in [2.75, 3.05) is 6.61 Å². The first-order chi connectivity index (χ1) is 12.2. The highest BCUT2D eigenvalue weighted by Crippen LogP contribution is 2.24. The summed E-state index contributed by atoms with van der Waals surface area (Å²) >= 11 is 0. The van der Waals surface area contributed by atoms with Crippen molar-refractivity contribution in [2.45, 2.75) is 12.8 Å². The number of amides is 1. The number of nitrogens with zero attached hydrogens (tertiary/aromatic N) is 3. The molecule has 0 aliphatic carbocycles. The summed E-state index contributed by atoms with van der Waals surface area (Å²) in [6.07, 6.45) is 0.851. The lowest BCUT2D eigenvalue weighted by Gasteiger charge is -2.18. The Bertz CT molecular complexity index is 974. The number of hydrogen-bond donors (Lipinski definition) is 1. The van der Waals surface area contributed by atoms with Gasteiger partial charge in [-0.3, -0.25) is 4.79 Å². The number of aromatic nitrogens is 2. The van der Waals surface area contributed by atoms with Crippen LogP contribution in [-0.2, 0) is 18.3 Å². The molecule has 0 radical (unpaired) electrons. The van der Waals surface area contributed by atoms with Crippen LogP contribution in [0, 0.1) is 0 Å². The van der Waals surface area contributed by atoms with E-state index in [1.54, 1.807) is 0 Å². The smallest absolute Gasteiger partial charge is 0.247 e. The molecule has 3 aromatic rings. The summed E-state index contributed by atoms with van der Waals surface area (Å²) in [5.41, 5.74) is 6.31. The maximum absolute atomic E-state index is 12.3. The highest BCUT2D eigenvalue weighted by molar-refractivity contribution is 6.04. The van der Waals surface area contributed by atoms with Crippen LogP contribution in [0.15, 0.2) is 53.6 Å². The molecule has 4 rings (SSSR count). The molecule has 1 N–H and O–H groups in total. The van der Waals surface area contributed by atoms with E-state index in [0.717, 1.165) is 28.1 Å². The molecule has 0 unspecified atom stereocenters. The molecular formula is C19H18N4O2. The Kier molecular flexibility index (Phi) is 3.93. The number of hydrazone groups is 1. The minimum Gasteiger partial charge on any atom is -0.492 e. The Morgan fingerprint density at radius 1 is 1.24 bits per heavy atom. The molecule has 0 spiro atoms. The Morgan fingerprint density at radius 2 is 2.04 bits per heavy atom. The van der Waals surface area contributed by atoms with Crippen LogP contribution in [-0.4, -0.2) is 27.8 Å². The van der Waals surface area contributed by atoms with E-state index in [4.69, 9.17) is 4.74 Å². The minimum atomic E-state index is -0.185. The van der Waals surface area contributed by atoms with Gasteiger partial charge in [0, 0.05) is 19.0 Å². The quantitative estimate of drug-likeness (QED) is 0.748. The van der Waals surface area contributed by atoms with E-state index in [0.29, 0.717) is 18.9 Å². The number of para-hydroxylation sites is 3. The second-order valence-corrected chi connectivity index (χ2v) is 5.94. The highest BCUT2D eigenvalue weighted by Gasteiger charge is 2.17. The summed E-state index contributed by atoms with van der Waals surface area (Å²) in [4.78, 5) is 16.8. The number of hydrogen-bond acceptors (Lipinski definition) is 4. The molecule has 0 bridgehead atoms. The van der Waals surface area contributed by atoms with Gasteiger partial charge in [0.1, 0.15) is 11.6 Å². The van der Waals surface area contributed by atoms with Crippen LogP contribution in [0.4, 0.5) is 0 Å². The number of fused-ring (bicyclic) bond motifs is 2. The SMILES string of the molecule is Cn1c(CC(=O)NN=C2CCOc3ccccc32)nc2ccccc21. The van der Waals surface area contributed by atoms with Gasteiger partial charge in [-0.25, -0.2) is 10.4 Å². The fourth-order valence-corrected chi connectivity index (χ4v) is 3.01. The zero-order valence-electron chi connectivity index (χ0n) is 13.9. The molecule has 0 fully saturated rings. The summed E-state index contributed by atoms with van der Waals surface area (Å²) in [6.45, 7) is 0.566. The second kappa shape index (κ2) is 6.39. The minimum absolute atomic E-state index is 0.181. The van der Waals surface area contributed by atoms with E-state index in [9.17, 15) is 4.79 Å². The molecule has 126 valence electrons. The van der Waals surface area contributed by atoms with E-state index in [1.807, 2.05) is 60.1 Å². The number of aryl methyl sites for hydroxylation is 1. The number of ether oxygens (including phenoxy) is 1. The van der Waals surface area contributed by atoms with E-state index < -0.39 is 0 Å². The van der Waals surface area contributed by atoms with Crippen molar-refractivity contribution in [1.82, 2.24) is 15.0 Å². The third-order valence-corrected chi connectivity index (χ3v) is 4.31. The van der Waals surface area contributed by atoms with Crippen molar-refractivity contribution < 1.29 is 9.53 Å². The predicted molar refractivity (Wildman–Crippen MR) is 95.7 cm³/mol. The molecule has 1 amide bonds. The molecule has 25 heavy (non-hydrogen) atoms. The molecule has 0 saturated heterocycles. The molecule has 1 aromatic heterocycles. The number of benzene rings is 2. The van der Waals surface area contributed by atoms with Crippen LogP contribution in [0.25, 0.3) is 11.0 Å². The van der Waals surface area contributed by atoms with Gasteiger partial charge >= 0.3 is 0 Å². The number of imidazole rings is 1. The number of carbonyl (C=O) groups excluding carboxylic acids is 1. The maximum Gasteiger partial charge on any atom is 0.247 e. The monoisotopic (exact) mass is 334 g/mol. The largest absolute Gasteiger partial charge is 0.492 e. The van der Waals surface area contributed by atoms with Gasteiger partial charge in [-0.2, -0.15) is 5.10 Å². The van der Waals surface area contributed by atoms with Crippen LogP contribution >= 0.6 is 0 Å². The molecule has 6 heteroatoms. The van der Waals surface area contributed by atoms with E-state index in [2.05, 4.69) is 15.5 Å². The third kappa shape index (κ3) is 2.98. The zero-order valence-corrected chi connectivity index (χ0v) is 13.9. The van der Waals surface area contributed by atoms with Gasteiger partial charge in [-0.15, -0.1) is 0 Å². The Labute approximate surface area is 145 Å². The van der Waals surface area contributed by atoms with Gasteiger partial charge < -0.3 is 9.30 Å². The van der Waals surface area contributed by atoms with Gasteiger partial charge in [-0.05, 0) is 24.3 Å². The summed E-state index contributed by atoms with van der Waals surface area (Å²) in [5, 5.41) is 4.30. The zero-order chi connectivity index (χ0) is 17.2. The van der Waals surface area contributed by atoms with Gasteiger partial charge in [0.05, 0.1) is 29.8 Å². The number of nitrogens with one attached hydrogen (secondary N) is 1. The molecule has 6 nitrogen and oxygen atoms in total.